The van der Waals surface area contributed by atoms with E-state index < -0.39 is 0 Å². The third kappa shape index (κ3) is 2.34. The number of hydrogen-bond acceptors (Lipinski definition) is 4. The number of nitrogens with zero attached hydrogens (tertiary/aromatic N) is 2. The van der Waals surface area contributed by atoms with E-state index in [9.17, 15) is 0 Å². The first-order chi connectivity index (χ1) is 9.10. The van der Waals surface area contributed by atoms with Crippen LogP contribution in [-0.2, 0) is 7.05 Å². The molecule has 1 heterocycles. The molecule has 0 fully saturated rings. The molecule has 1 unspecified atom stereocenters. The Morgan fingerprint density at radius 2 is 2.11 bits per heavy atom. The van der Waals surface area contributed by atoms with E-state index >= 15 is 0 Å². The van der Waals surface area contributed by atoms with E-state index in [0.29, 0.717) is 0 Å². The number of imidazole rings is 1. The molecule has 102 valence electrons. The van der Waals surface area contributed by atoms with Crippen LogP contribution in [0.4, 0.5) is 0 Å². The Kier molecular flexibility index (Phi) is 3.87. The number of benzene rings is 1. The topological polar surface area (TPSA) is 65.1 Å². The highest BCUT2D eigenvalue weighted by Gasteiger charge is 2.22. The molecule has 0 aliphatic rings. The summed E-state index contributed by atoms with van der Waals surface area (Å²) in [5.41, 5.74) is 6.12. The molecule has 2 rings (SSSR count). The highest BCUT2D eigenvalue weighted by molar-refractivity contribution is 5.48. The van der Waals surface area contributed by atoms with Gasteiger partial charge < -0.3 is 9.30 Å². The van der Waals surface area contributed by atoms with Gasteiger partial charge in [-0.2, -0.15) is 0 Å². The molecule has 1 aromatic heterocycles. The Labute approximate surface area is 113 Å². The number of hydrazine groups is 1. The van der Waals surface area contributed by atoms with Crippen molar-refractivity contribution in [2.24, 2.45) is 12.9 Å². The number of nitrogens with one attached hydrogen (secondary N) is 1. The summed E-state index contributed by atoms with van der Waals surface area (Å²) < 4.78 is 7.49. The van der Waals surface area contributed by atoms with E-state index in [2.05, 4.69) is 23.4 Å². The Balaban J connectivity index is 2.56. The molecule has 0 aliphatic carbocycles. The van der Waals surface area contributed by atoms with Crippen LogP contribution in [-0.4, -0.2) is 16.7 Å². The van der Waals surface area contributed by atoms with E-state index in [1.165, 1.54) is 5.56 Å². The maximum absolute atomic E-state index is 5.72. The van der Waals surface area contributed by atoms with Gasteiger partial charge in [0, 0.05) is 25.0 Å². The fourth-order valence-electron chi connectivity index (χ4n) is 2.27. The van der Waals surface area contributed by atoms with Gasteiger partial charge in [0.15, 0.2) is 0 Å². The Morgan fingerprint density at radius 1 is 1.37 bits per heavy atom. The summed E-state index contributed by atoms with van der Waals surface area (Å²) in [6.45, 7) is 4.11. The second-order valence-corrected chi connectivity index (χ2v) is 4.63. The van der Waals surface area contributed by atoms with Crippen molar-refractivity contribution in [2.75, 3.05) is 7.11 Å². The normalized spacial score (nSPS) is 12.5. The lowest BCUT2D eigenvalue weighted by Gasteiger charge is -2.21. The van der Waals surface area contributed by atoms with Gasteiger partial charge in [0.2, 0.25) is 0 Å². The summed E-state index contributed by atoms with van der Waals surface area (Å²) in [7, 11) is 3.62. The lowest BCUT2D eigenvalue weighted by atomic mass is 9.99. The first-order valence-corrected chi connectivity index (χ1v) is 6.17. The zero-order chi connectivity index (χ0) is 14.0. The molecular weight excluding hydrogens is 240 g/mol. The predicted molar refractivity (Wildman–Crippen MR) is 74.8 cm³/mol. The Hall–Kier alpha value is -1.85. The third-order valence-electron chi connectivity index (χ3n) is 3.51. The summed E-state index contributed by atoms with van der Waals surface area (Å²) in [6, 6.07) is 3.90. The maximum Gasteiger partial charge on any atom is 0.131 e. The molecule has 19 heavy (non-hydrogen) atoms. The molecule has 0 aliphatic heterocycles. The molecule has 0 radical (unpaired) electrons. The summed E-state index contributed by atoms with van der Waals surface area (Å²) in [5.74, 6) is 7.42. The quantitative estimate of drug-likeness (QED) is 0.647. The smallest absolute Gasteiger partial charge is 0.131 e. The fourth-order valence-corrected chi connectivity index (χ4v) is 2.27. The zero-order valence-corrected chi connectivity index (χ0v) is 11.8. The SMILES string of the molecule is COc1c(C(NN)c2nccn2C)ccc(C)c1C. The number of rotatable bonds is 4. The van der Waals surface area contributed by atoms with E-state index in [0.717, 1.165) is 22.7 Å². The van der Waals surface area contributed by atoms with Crippen molar-refractivity contribution in [3.05, 3.63) is 47.0 Å². The van der Waals surface area contributed by atoms with Gasteiger partial charge >= 0.3 is 0 Å². The van der Waals surface area contributed by atoms with Gasteiger partial charge in [0.1, 0.15) is 17.6 Å². The summed E-state index contributed by atoms with van der Waals surface area (Å²) >= 11 is 0. The van der Waals surface area contributed by atoms with Crippen molar-refractivity contribution < 1.29 is 4.74 Å². The largest absolute Gasteiger partial charge is 0.496 e. The maximum atomic E-state index is 5.72. The van der Waals surface area contributed by atoms with Crippen LogP contribution in [0.25, 0.3) is 0 Å². The predicted octanol–water partition coefficient (Wildman–Crippen LogP) is 1.60. The van der Waals surface area contributed by atoms with Crippen LogP contribution in [0, 0.1) is 13.8 Å². The van der Waals surface area contributed by atoms with Crippen LogP contribution in [0.1, 0.15) is 28.6 Å². The molecule has 0 saturated heterocycles. The monoisotopic (exact) mass is 260 g/mol. The molecule has 0 spiro atoms. The second kappa shape index (κ2) is 5.42. The van der Waals surface area contributed by atoms with Crippen molar-refractivity contribution in [3.8, 4) is 5.75 Å². The van der Waals surface area contributed by atoms with E-state index in [1.807, 2.05) is 30.8 Å². The Morgan fingerprint density at radius 3 is 2.63 bits per heavy atom. The lowest BCUT2D eigenvalue weighted by Crippen LogP contribution is -2.31. The van der Waals surface area contributed by atoms with Crippen LogP contribution in [0.3, 0.4) is 0 Å². The van der Waals surface area contributed by atoms with Crippen molar-refractivity contribution >= 4 is 0 Å². The van der Waals surface area contributed by atoms with Gasteiger partial charge in [-0.25, -0.2) is 10.4 Å². The van der Waals surface area contributed by atoms with Gasteiger partial charge in [-0.15, -0.1) is 0 Å². The number of aromatic nitrogens is 2. The number of hydrogen-bond donors (Lipinski definition) is 2. The first kappa shape index (κ1) is 13.6. The minimum Gasteiger partial charge on any atom is -0.496 e. The minimum atomic E-state index is -0.200. The second-order valence-electron chi connectivity index (χ2n) is 4.63. The molecular formula is C14H20N4O. The van der Waals surface area contributed by atoms with E-state index in [-0.39, 0.29) is 6.04 Å². The van der Waals surface area contributed by atoms with E-state index in [1.54, 1.807) is 13.3 Å². The van der Waals surface area contributed by atoms with Gasteiger partial charge in [0.05, 0.1) is 7.11 Å². The molecule has 5 heteroatoms. The van der Waals surface area contributed by atoms with Gasteiger partial charge in [0.25, 0.3) is 0 Å². The van der Waals surface area contributed by atoms with Crippen LogP contribution < -0.4 is 16.0 Å². The van der Waals surface area contributed by atoms with Crippen LogP contribution in [0.5, 0.6) is 5.75 Å². The highest BCUT2D eigenvalue weighted by atomic mass is 16.5. The number of aryl methyl sites for hydroxylation is 2. The average Bonchev–Trinajstić information content (AvgIpc) is 2.81. The van der Waals surface area contributed by atoms with Gasteiger partial charge in [-0.1, -0.05) is 12.1 Å². The van der Waals surface area contributed by atoms with Crippen LogP contribution in [0.2, 0.25) is 0 Å². The number of methoxy groups -OCH3 is 1. The van der Waals surface area contributed by atoms with Gasteiger partial charge in [-0.05, 0) is 25.0 Å². The summed E-state index contributed by atoms with van der Waals surface area (Å²) in [6.07, 6.45) is 3.65. The first-order valence-electron chi connectivity index (χ1n) is 6.17. The summed E-state index contributed by atoms with van der Waals surface area (Å²) in [4.78, 5) is 4.36. The number of ether oxygens (including phenoxy) is 1. The van der Waals surface area contributed by atoms with Crippen molar-refractivity contribution in [1.82, 2.24) is 15.0 Å². The standard InChI is InChI=1S/C14H20N4O/c1-9-5-6-11(13(19-4)10(9)2)12(17-15)14-16-7-8-18(14)3/h5-8,12,17H,15H2,1-4H3. The molecule has 5 nitrogen and oxygen atoms in total. The van der Waals surface area contributed by atoms with Crippen molar-refractivity contribution in [1.29, 1.82) is 0 Å². The Bertz CT molecular complexity index is 577. The molecule has 0 amide bonds. The highest BCUT2D eigenvalue weighted by Crippen LogP contribution is 2.33. The third-order valence-corrected chi connectivity index (χ3v) is 3.51. The van der Waals surface area contributed by atoms with E-state index in [4.69, 9.17) is 10.6 Å². The lowest BCUT2D eigenvalue weighted by molar-refractivity contribution is 0.399. The van der Waals surface area contributed by atoms with Crippen molar-refractivity contribution in [3.63, 3.8) is 0 Å². The minimum absolute atomic E-state index is 0.200. The van der Waals surface area contributed by atoms with Crippen LogP contribution in [0.15, 0.2) is 24.5 Å². The number of nitrogens with two attached hydrogens (primary N) is 1. The fraction of sp³-hybridized carbons (Fsp3) is 0.357. The molecule has 2 aromatic rings. The van der Waals surface area contributed by atoms with Crippen LogP contribution >= 0.6 is 0 Å². The molecule has 1 atom stereocenters. The average molecular weight is 260 g/mol. The molecule has 0 bridgehead atoms. The van der Waals surface area contributed by atoms with Crippen molar-refractivity contribution in [2.45, 2.75) is 19.9 Å². The molecule has 3 N–H and O–H groups in total. The van der Waals surface area contributed by atoms with Gasteiger partial charge in [-0.3, -0.25) is 5.84 Å². The molecule has 0 saturated carbocycles. The zero-order valence-electron chi connectivity index (χ0n) is 11.8. The summed E-state index contributed by atoms with van der Waals surface area (Å²) in [5, 5.41) is 0. The molecule has 1 aromatic carbocycles.